The number of hydrogen-bond acceptors (Lipinski definition) is 2. The van der Waals surface area contributed by atoms with Crippen LogP contribution in [0.5, 0.6) is 0 Å². The van der Waals surface area contributed by atoms with Crippen LogP contribution in [0.15, 0.2) is 340 Å². The molecular weight excluding hydrogens is 1260 g/mol. The molecule has 0 heterocycles. The summed E-state index contributed by atoms with van der Waals surface area (Å²) in [6, 6.07) is 122. The van der Waals surface area contributed by atoms with E-state index in [1.807, 2.05) is 36.4 Å². The molecule has 5 heteroatoms. The minimum absolute atomic E-state index is 0.324. The Morgan fingerprint density at radius 3 is 1.04 bits per heavy atom. The lowest BCUT2D eigenvalue weighted by Crippen LogP contribution is -2.26. The van der Waals surface area contributed by atoms with E-state index in [0.717, 1.165) is 38.5 Å². The van der Waals surface area contributed by atoms with Gasteiger partial charge in [-0.1, -0.05) is 278 Å². The minimum atomic E-state index is -0.403. The molecule has 4 aliphatic rings. The highest BCUT2D eigenvalue weighted by molar-refractivity contribution is 14.1. The smallest absolute Gasteiger partial charge is 0.0726 e. The molecule has 18 rings (SSSR count). The molecule has 0 saturated carbocycles. The van der Waals surface area contributed by atoms with Crippen molar-refractivity contribution in [2.45, 2.75) is 10.8 Å². The van der Waals surface area contributed by atoms with Gasteiger partial charge in [0.25, 0.3) is 0 Å². The Morgan fingerprint density at radius 1 is 0.264 bits per heavy atom. The maximum absolute atomic E-state index is 6.42. The summed E-state index contributed by atoms with van der Waals surface area (Å²) >= 11 is 14.3. The Morgan fingerprint density at radius 2 is 0.593 bits per heavy atom. The van der Waals surface area contributed by atoms with E-state index in [1.54, 1.807) is 0 Å². The fraction of sp³-hybridized carbons (Fsp3) is 0.0233. The minimum Gasteiger partial charge on any atom is -0.355 e. The fourth-order valence-corrected chi connectivity index (χ4v) is 15.6. The molecule has 0 atom stereocenters. The monoisotopic (exact) mass is 1310 g/mol. The first-order chi connectivity index (χ1) is 44.9. The number of halogens is 3. The first-order valence-corrected chi connectivity index (χ1v) is 32.6. The number of nitrogens with one attached hydrogen (secondary N) is 1. The summed E-state index contributed by atoms with van der Waals surface area (Å²) in [6.07, 6.45) is 0. The predicted molar refractivity (Wildman–Crippen MR) is 390 cm³/mol. The van der Waals surface area contributed by atoms with Crippen molar-refractivity contribution in [1.82, 2.24) is 0 Å². The molecule has 0 radical (unpaired) electrons. The lowest BCUT2D eigenvalue weighted by molar-refractivity contribution is 0.793. The second-order valence-corrected chi connectivity index (χ2v) is 25.6. The van der Waals surface area contributed by atoms with Gasteiger partial charge in [-0.05, 0) is 208 Å². The Labute approximate surface area is 555 Å². The van der Waals surface area contributed by atoms with E-state index in [1.165, 1.54) is 115 Å². The zero-order valence-electron chi connectivity index (χ0n) is 49.4. The van der Waals surface area contributed by atoms with Gasteiger partial charge in [-0.15, -0.1) is 0 Å². The Balaban J connectivity index is 0.000000131. The molecule has 0 aromatic heterocycles. The molecule has 1 N–H and O–H groups in total. The van der Waals surface area contributed by atoms with Gasteiger partial charge in [0.05, 0.1) is 16.5 Å². The van der Waals surface area contributed by atoms with E-state index in [0.29, 0.717) is 0 Å². The van der Waals surface area contributed by atoms with Crippen LogP contribution >= 0.6 is 45.8 Å². The molecule has 2 nitrogen and oxygen atoms in total. The van der Waals surface area contributed by atoms with Crippen molar-refractivity contribution in [1.29, 1.82) is 0 Å². The molecule has 4 aliphatic carbocycles. The van der Waals surface area contributed by atoms with Crippen molar-refractivity contribution < 1.29 is 0 Å². The topological polar surface area (TPSA) is 15.3 Å². The molecule has 2 spiro atoms. The van der Waals surface area contributed by atoms with Crippen molar-refractivity contribution in [3.63, 3.8) is 0 Å². The van der Waals surface area contributed by atoms with Crippen molar-refractivity contribution in [3.8, 4) is 66.8 Å². The number of para-hydroxylation sites is 2. The quantitative estimate of drug-likeness (QED) is 0.160. The molecule has 14 aromatic carbocycles. The van der Waals surface area contributed by atoms with E-state index in [2.05, 4.69) is 336 Å². The summed E-state index contributed by atoms with van der Waals surface area (Å²) in [5.41, 5.74) is 30.8. The molecule has 91 heavy (non-hydrogen) atoms. The molecule has 0 saturated heterocycles. The fourth-order valence-electron chi connectivity index (χ4n) is 15.0. The number of nitrogens with zero attached hydrogens (tertiary/aromatic N) is 1. The van der Waals surface area contributed by atoms with E-state index in [4.69, 9.17) is 23.2 Å². The van der Waals surface area contributed by atoms with E-state index in [9.17, 15) is 0 Å². The summed E-state index contributed by atoms with van der Waals surface area (Å²) in [4.78, 5) is 2.38. The van der Waals surface area contributed by atoms with Gasteiger partial charge in [0.2, 0.25) is 0 Å². The van der Waals surface area contributed by atoms with E-state index >= 15 is 0 Å². The number of benzene rings is 14. The van der Waals surface area contributed by atoms with Gasteiger partial charge in [-0.3, -0.25) is 0 Å². The van der Waals surface area contributed by atoms with Crippen molar-refractivity contribution in [2.24, 2.45) is 0 Å². The molecular formula is C86H57Cl2IN2. The molecule has 0 unspecified atom stereocenters. The van der Waals surface area contributed by atoms with Crippen molar-refractivity contribution in [3.05, 3.63) is 398 Å². The lowest BCUT2D eigenvalue weighted by Gasteiger charge is -2.32. The van der Waals surface area contributed by atoms with Crippen LogP contribution in [0, 0.1) is 3.57 Å². The highest BCUT2D eigenvalue weighted by atomic mass is 127. The van der Waals surface area contributed by atoms with Crippen LogP contribution in [0.25, 0.3) is 66.8 Å². The SMILES string of the molecule is Clc1ccc(I)cc1.Clc1ccc(N(c2ccc3c(c2)C2(c4ccccc4-c4ccccc42)c2ccccc2-3)c2ccccc2-c2ccccc2)cc1.c1ccc(-c2ccccc2Nc2ccc3c(c2)C2(c4ccccc4-c4ccccc42)c2ccccc2-3)cc1. The van der Waals surface area contributed by atoms with Crippen molar-refractivity contribution >= 4 is 74.2 Å². The molecule has 432 valence electrons. The third-order valence-electron chi connectivity index (χ3n) is 18.6. The van der Waals surface area contributed by atoms with Gasteiger partial charge in [-0.25, -0.2) is 0 Å². The number of fused-ring (bicyclic) bond motifs is 20. The summed E-state index contributed by atoms with van der Waals surface area (Å²) in [5.74, 6) is 0. The van der Waals surface area contributed by atoms with Crippen LogP contribution < -0.4 is 10.2 Å². The third kappa shape index (κ3) is 9.36. The number of rotatable bonds is 7. The van der Waals surface area contributed by atoms with Crippen LogP contribution in [0.1, 0.15) is 44.5 Å². The van der Waals surface area contributed by atoms with Crippen LogP contribution in [0.4, 0.5) is 28.4 Å². The average molecular weight is 1320 g/mol. The van der Waals surface area contributed by atoms with E-state index in [-0.39, 0.29) is 5.41 Å². The molecule has 0 bridgehead atoms. The lowest BCUT2D eigenvalue weighted by atomic mass is 9.70. The Bertz CT molecular complexity index is 4930. The second-order valence-electron chi connectivity index (χ2n) is 23.4. The van der Waals surface area contributed by atoms with Crippen LogP contribution in [0.2, 0.25) is 10.0 Å². The van der Waals surface area contributed by atoms with Gasteiger partial charge in [0.15, 0.2) is 0 Å². The zero-order valence-corrected chi connectivity index (χ0v) is 53.1. The van der Waals surface area contributed by atoms with Crippen molar-refractivity contribution in [2.75, 3.05) is 10.2 Å². The summed E-state index contributed by atoms with van der Waals surface area (Å²) < 4.78 is 1.21. The number of anilines is 5. The Kier molecular flexibility index (Phi) is 14.5. The zero-order chi connectivity index (χ0) is 61.0. The molecule has 0 fully saturated rings. The summed E-state index contributed by atoms with van der Waals surface area (Å²) in [5, 5.41) is 5.30. The maximum atomic E-state index is 6.42. The van der Waals surface area contributed by atoms with Gasteiger partial charge >= 0.3 is 0 Å². The van der Waals surface area contributed by atoms with Gasteiger partial charge in [0, 0.05) is 47.5 Å². The van der Waals surface area contributed by atoms with Gasteiger partial charge in [-0.2, -0.15) is 0 Å². The highest BCUT2D eigenvalue weighted by Crippen LogP contribution is 2.65. The average Bonchev–Trinajstić information content (AvgIpc) is 1.52. The summed E-state index contributed by atoms with van der Waals surface area (Å²) in [6.45, 7) is 0. The first kappa shape index (κ1) is 56.2. The summed E-state index contributed by atoms with van der Waals surface area (Å²) in [7, 11) is 0. The van der Waals surface area contributed by atoms with Gasteiger partial charge in [0.1, 0.15) is 0 Å². The van der Waals surface area contributed by atoms with Crippen LogP contribution in [0.3, 0.4) is 0 Å². The normalized spacial score (nSPS) is 13.0. The molecule has 14 aromatic rings. The largest absolute Gasteiger partial charge is 0.355 e. The van der Waals surface area contributed by atoms with Crippen LogP contribution in [-0.4, -0.2) is 0 Å². The molecule has 0 aliphatic heterocycles. The second kappa shape index (κ2) is 23.4. The predicted octanol–water partition coefficient (Wildman–Crippen LogP) is 24.2. The first-order valence-electron chi connectivity index (χ1n) is 30.8. The Hall–Kier alpha value is -10.0. The maximum Gasteiger partial charge on any atom is 0.0726 e. The van der Waals surface area contributed by atoms with E-state index < -0.39 is 5.41 Å². The molecule has 0 amide bonds. The van der Waals surface area contributed by atoms with Crippen LogP contribution in [-0.2, 0) is 10.8 Å². The number of hydrogen-bond donors (Lipinski definition) is 1. The standard InChI is InChI=1S/C43H28ClN.C37H25N.C6H4ClI/c44-30-22-24-31(25-23-30)45(42-21-11-7-14-33(42)29-12-2-1-3-13-29)32-26-27-37-36-17-6-10-20-40(36)43(41(37)28-32)38-18-8-4-15-34(38)35-16-5-9-19-39(35)43;1-2-12-25(13-3-1)27-14-7-11-21-36(27)38-26-22-23-31-30-17-6-10-20-34(30)37(35(31)24-26)32-18-8-4-15-28(32)29-16-5-9-19-33(29)37;7-5-1-3-6(8)4-2-5/h1-28H;1-24,38H;1-4H. The highest BCUT2D eigenvalue weighted by Gasteiger charge is 2.53. The third-order valence-corrected chi connectivity index (χ3v) is 19.9. The van der Waals surface area contributed by atoms with Gasteiger partial charge < -0.3 is 10.2 Å².